The summed E-state index contributed by atoms with van der Waals surface area (Å²) in [6.07, 6.45) is 5.90. The molecule has 3 aromatic rings. The van der Waals surface area contributed by atoms with Crippen LogP contribution < -0.4 is 9.99 Å². The summed E-state index contributed by atoms with van der Waals surface area (Å²) >= 11 is 9.53. The molecule has 1 unspecified atom stereocenters. The number of ether oxygens (including phenoxy) is 1. The van der Waals surface area contributed by atoms with E-state index in [-0.39, 0.29) is 22.6 Å². The molecule has 9 nitrogen and oxygen atoms in total. The van der Waals surface area contributed by atoms with Crippen molar-refractivity contribution in [1.29, 1.82) is 5.41 Å². The zero-order valence-electron chi connectivity index (χ0n) is 32.9. The Morgan fingerprint density at radius 2 is 1.75 bits per heavy atom. The molecule has 1 saturated carbocycles. The summed E-state index contributed by atoms with van der Waals surface area (Å²) < 4.78 is 7.18. The number of halogens is 2. The normalized spacial score (nSPS) is 20.1. The Hall–Kier alpha value is -2.24. The van der Waals surface area contributed by atoms with Crippen LogP contribution in [0.15, 0.2) is 36.4 Å². The second-order valence-electron chi connectivity index (χ2n) is 15.5. The highest BCUT2D eigenvalue weighted by molar-refractivity contribution is 14.2. The highest BCUT2D eigenvalue weighted by Gasteiger charge is 2.53. The maximum atomic E-state index is 11.3. The first kappa shape index (κ1) is 42.5. The highest BCUT2D eigenvalue weighted by atomic mass is 127. The minimum Gasteiger partial charge on any atom is -0.379 e. The molecule has 2 atom stereocenters. The molecule has 0 bridgehead atoms. The number of nitrogens with one attached hydrogen (secondary N) is 2. The number of hydrogen-bond acceptors (Lipinski definition) is 7. The van der Waals surface area contributed by atoms with Gasteiger partial charge in [-0.05, 0) is 100 Å². The van der Waals surface area contributed by atoms with Gasteiger partial charge in [0, 0.05) is 92.5 Å². The van der Waals surface area contributed by atoms with Crippen molar-refractivity contribution in [2.45, 2.75) is 105 Å². The number of rotatable bonds is 10. The molecular weight excluding hydrogens is 804 g/mol. The molecule has 2 saturated heterocycles. The molecule has 3 aliphatic rings. The average molecular weight is 864 g/mol. The highest BCUT2D eigenvalue weighted by Crippen LogP contribution is 2.55. The van der Waals surface area contributed by atoms with Gasteiger partial charge in [0.2, 0.25) is 6.41 Å². The predicted molar refractivity (Wildman–Crippen MR) is 230 cm³/mol. The molecule has 286 valence electrons. The van der Waals surface area contributed by atoms with Crippen molar-refractivity contribution in [1.82, 2.24) is 19.6 Å². The Morgan fingerprint density at radius 3 is 2.29 bits per heavy atom. The summed E-state index contributed by atoms with van der Waals surface area (Å²) in [4.78, 5) is 18.2. The minimum absolute atomic E-state index is 0.0417. The van der Waals surface area contributed by atoms with Gasteiger partial charge >= 0.3 is 0 Å². The number of aromatic nitrogens is 2. The van der Waals surface area contributed by atoms with Crippen LogP contribution in [0.5, 0.6) is 0 Å². The SMILES string of the molecule is CC.CC[C@@]1(C)CN(Cc2ccccc2)CCN1c1nn(C2CC3(C2)CN(C=O)C3)c(C)c1-c1c(Cl)c(C)cc(NPI)c1C=N.COC(C)(C)C. The predicted octanol–water partition coefficient (Wildman–Crippen LogP) is 9.92. The fourth-order valence-corrected chi connectivity index (χ4v) is 9.19. The molecule has 1 aliphatic carbocycles. The van der Waals surface area contributed by atoms with Crippen LogP contribution in [0, 0.1) is 24.7 Å². The van der Waals surface area contributed by atoms with Gasteiger partial charge in [-0.15, -0.1) is 0 Å². The average Bonchev–Trinajstić information content (AvgIpc) is 3.41. The van der Waals surface area contributed by atoms with Crippen molar-refractivity contribution in [3.05, 3.63) is 63.8 Å². The summed E-state index contributed by atoms with van der Waals surface area (Å²) in [5, 5.41) is 18.1. The van der Waals surface area contributed by atoms with Gasteiger partial charge in [-0.2, -0.15) is 5.10 Å². The topological polar surface area (TPSA) is 89.7 Å². The molecule has 3 fully saturated rings. The summed E-state index contributed by atoms with van der Waals surface area (Å²) in [6, 6.07) is 13.1. The number of nitrogens with zero attached hydrogens (tertiary/aromatic N) is 5. The van der Waals surface area contributed by atoms with Gasteiger partial charge in [-0.25, -0.2) is 0 Å². The zero-order chi connectivity index (χ0) is 38.4. The Labute approximate surface area is 332 Å². The molecule has 2 aliphatic heterocycles. The lowest BCUT2D eigenvalue weighted by Gasteiger charge is -2.58. The van der Waals surface area contributed by atoms with Crippen molar-refractivity contribution in [3.8, 4) is 11.1 Å². The van der Waals surface area contributed by atoms with Crippen LogP contribution in [0.25, 0.3) is 11.1 Å². The molecule has 2 aromatic carbocycles. The molecule has 3 heterocycles. The lowest BCUT2D eigenvalue weighted by atomic mass is 9.61. The van der Waals surface area contributed by atoms with Crippen LogP contribution in [0.4, 0.5) is 11.5 Å². The second-order valence-corrected chi connectivity index (χ2v) is 18.0. The number of carbonyl (C=O) groups is 1. The number of benzene rings is 2. The van der Waals surface area contributed by atoms with E-state index < -0.39 is 0 Å². The van der Waals surface area contributed by atoms with Crippen LogP contribution in [-0.2, 0) is 16.1 Å². The number of piperazine rings is 1. The van der Waals surface area contributed by atoms with Gasteiger partial charge in [0.1, 0.15) is 0 Å². The van der Waals surface area contributed by atoms with Crippen molar-refractivity contribution in [3.63, 3.8) is 0 Å². The molecule has 1 amide bonds. The fraction of sp³-hybridized carbons (Fsp3) is 0.575. The number of carbonyl (C=O) groups excluding carboxylic acids is 1. The van der Waals surface area contributed by atoms with Crippen molar-refractivity contribution < 1.29 is 9.53 Å². The maximum Gasteiger partial charge on any atom is 0.209 e. The fourth-order valence-electron chi connectivity index (χ4n) is 7.76. The van der Waals surface area contributed by atoms with Crippen LogP contribution >= 0.6 is 40.0 Å². The van der Waals surface area contributed by atoms with Gasteiger partial charge in [0.15, 0.2) is 5.82 Å². The van der Waals surface area contributed by atoms with Crippen LogP contribution in [0.3, 0.4) is 0 Å². The smallest absolute Gasteiger partial charge is 0.209 e. The number of aryl methyl sites for hydroxylation is 1. The molecule has 6 rings (SSSR count). The van der Waals surface area contributed by atoms with E-state index >= 15 is 0 Å². The number of anilines is 2. The summed E-state index contributed by atoms with van der Waals surface area (Å²) in [7, 11) is 1.71. The summed E-state index contributed by atoms with van der Waals surface area (Å²) in [6.45, 7) is 24.3. The van der Waals surface area contributed by atoms with Crippen molar-refractivity contribution >= 4 is 64.1 Å². The lowest BCUT2D eigenvalue weighted by molar-refractivity contribution is -0.140. The third kappa shape index (κ3) is 9.16. The first-order valence-corrected chi connectivity index (χ1v) is 23.0. The Balaban J connectivity index is 0.000000688. The van der Waals surface area contributed by atoms with E-state index in [1.165, 1.54) is 11.8 Å². The Bertz CT molecular complexity index is 1670. The van der Waals surface area contributed by atoms with Crippen molar-refractivity contribution in [2.24, 2.45) is 5.41 Å². The number of likely N-dealkylation sites (tertiary alicyclic amines) is 1. The molecule has 1 spiro atoms. The lowest BCUT2D eigenvalue weighted by Crippen LogP contribution is -2.62. The molecular formula is C40H60ClIN7O2P. The first-order valence-electron chi connectivity index (χ1n) is 18.5. The molecule has 12 heteroatoms. The van der Waals surface area contributed by atoms with E-state index in [4.69, 9.17) is 26.8 Å². The van der Waals surface area contributed by atoms with E-state index in [9.17, 15) is 4.79 Å². The largest absolute Gasteiger partial charge is 0.379 e. The second kappa shape index (κ2) is 17.9. The van der Waals surface area contributed by atoms with E-state index in [1.807, 2.05) is 46.4 Å². The summed E-state index contributed by atoms with van der Waals surface area (Å²) in [5.74, 6) is 0.966. The standard InChI is InChI=1S/C33H42ClIN7OP.C5H12O.C2H6/c1-5-32(4)18-39(17-24-9-7-6-8-10-24)11-12-41(32)31-28(29-26(16-36)27(38-44-35)13-22(2)30(29)34)23(3)42(37-31)25-14-33(15-25)19-40(20-33)21-43;1-5(2,3)6-4;1-2/h6-10,13,16,21,25,36,38,44H,5,11-12,14-15,17-20H2,1-4H3;1-4H3;1-2H3/t32-;;/m0../s1. The van der Waals surface area contributed by atoms with E-state index in [0.29, 0.717) is 11.4 Å². The van der Waals surface area contributed by atoms with Crippen molar-refractivity contribution in [2.75, 3.05) is 49.8 Å². The number of amides is 1. The zero-order valence-corrected chi connectivity index (χ0v) is 36.8. The Morgan fingerprint density at radius 1 is 1.12 bits per heavy atom. The molecule has 2 N–H and O–H groups in total. The first-order chi connectivity index (χ1) is 24.7. The van der Waals surface area contributed by atoms with E-state index in [1.54, 1.807) is 7.11 Å². The van der Waals surface area contributed by atoms with Crippen LogP contribution in [-0.4, -0.2) is 83.2 Å². The maximum absolute atomic E-state index is 11.3. The molecule has 0 radical (unpaired) electrons. The van der Waals surface area contributed by atoms with Gasteiger partial charge in [0.25, 0.3) is 0 Å². The van der Waals surface area contributed by atoms with Gasteiger partial charge in [0.05, 0.1) is 22.2 Å². The van der Waals surface area contributed by atoms with Gasteiger partial charge < -0.3 is 25.0 Å². The number of methoxy groups -OCH3 is 1. The van der Waals surface area contributed by atoms with E-state index in [0.717, 1.165) is 104 Å². The minimum atomic E-state index is -0.140. The summed E-state index contributed by atoms with van der Waals surface area (Å²) in [5.41, 5.74) is 7.21. The quantitative estimate of drug-likeness (QED) is 0.0914. The van der Waals surface area contributed by atoms with Gasteiger partial charge in [-0.3, -0.25) is 14.4 Å². The Kier molecular flexibility index (Phi) is 14.7. The van der Waals surface area contributed by atoms with Gasteiger partial charge in [-0.1, -0.05) is 62.7 Å². The monoisotopic (exact) mass is 863 g/mol. The molecule has 1 aromatic heterocycles. The van der Waals surface area contributed by atoms with Crippen LogP contribution in [0.2, 0.25) is 5.02 Å². The van der Waals surface area contributed by atoms with E-state index in [2.05, 4.69) is 98.8 Å². The van der Waals surface area contributed by atoms with Crippen LogP contribution in [0.1, 0.15) is 96.2 Å². The third-order valence-corrected chi connectivity index (χ3v) is 12.5. The molecule has 52 heavy (non-hydrogen) atoms. The number of hydrogen-bond donors (Lipinski definition) is 2. The third-order valence-electron chi connectivity index (χ3n) is 10.8.